The minimum Gasteiger partial charge on any atom is -0.462 e. The van der Waals surface area contributed by atoms with Crippen molar-refractivity contribution in [2.75, 3.05) is 13.2 Å². The van der Waals surface area contributed by atoms with Crippen LogP contribution in [0, 0.1) is 0 Å². The molecule has 0 bridgehead atoms. The molecule has 0 saturated carbocycles. The maximum absolute atomic E-state index is 12.4. The van der Waals surface area contributed by atoms with Crippen LogP contribution in [0.2, 0.25) is 0 Å². The monoisotopic (exact) mass is 1120 g/mol. The molecule has 0 radical (unpaired) electrons. The molecule has 1 atom stereocenters. The Hall–Kier alpha value is -1.88. The first-order valence-electron chi connectivity index (χ1n) is 36.5. The Kier molecular flexibility index (Phi) is 69.7. The van der Waals surface area contributed by atoms with Gasteiger partial charge in [0.2, 0.25) is 0 Å². The quantitative estimate of drug-likeness (QED) is 0.0373. The van der Waals surface area contributed by atoms with Crippen LogP contribution in [0.25, 0.3) is 0 Å². The highest BCUT2D eigenvalue weighted by molar-refractivity contribution is 5.70. The minimum absolute atomic E-state index is 0.0587. The van der Waals surface area contributed by atoms with Gasteiger partial charge in [-0.3, -0.25) is 9.59 Å². The molecular weight excluding hydrogens is 981 g/mol. The van der Waals surface area contributed by atoms with Crippen molar-refractivity contribution < 1.29 is 24.2 Å². The van der Waals surface area contributed by atoms with E-state index in [2.05, 4.69) is 50.3 Å². The lowest BCUT2D eigenvalue weighted by atomic mass is 10.0. The zero-order valence-corrected chi connectivity index (χ0v) is 54.4. The average molecular weight is 1120 g/mol. The third kappa shape index (κ3) is 68.6. The van der Waals surface area contributed by atoms with Crippen molar-refractivity contribution in [3.05, 3.63) is 36.5 Å². The zero-order chi connectivity index (χ0) is 57.6. The van der Waals surface area contributed by atoms with E-state index in [1.807, 2.05) is 0 Å². The average Bonchev–Trinajstić information content (AvgIpc) is 3.46. The van der Waals surface area contributed by atoms with Gasteiger partial charge in [-0.25, -0.2) is 0 Å². The van der Waals surface area contributed by atoms with E-state index in [9.17, 15) is 14.7 Å². The summed E-state index contributed by atoms with van der Waals surface area (Å²) in [6, 6.07) is 0. The topological polar surface area (TPSA) is 72.8 Å². The van der Waals surface area contributed by atoms with Crippen LogP contribution >= 0.6 is 0 Å². The molecule has 0 fully saturated rings. The van der Waals surface area contributed by atoms with E-state index in [4.69, 9.17) is 9.47 Å². The highest BCUT2D eigenvalue weighted by atomic mass is 16.6. The summed E-state index contributed by atoms with van der Waals surface area (Å²) in [5, 5.41) is 9.71. The zero-order valence-electron chi connectivity index (χ0n) is 54.4. The summed E-state index contributed by atoms with van der Waals surface area (Å²) in [6.45, 7) is 4.20. The summed E-state index contributed by atoms with van der Waals surface area (Å²) in [5.74, 6) is -0.564. The number of hydrogen-bond donors (Lipinski definition) is 1. The number of carbonyl (C=O) groups excluding carboxylic acids is 2. The molecular formula is C75H142O5. The van der Waals surface area contributed by atoms with Crippen LogP contribution in [0.3, 0.4) is 0 Å². The molecule has 0 aliphatic heterocycles. The van der Waals surface area contributed by atoms with Crippen molar-refractivity contribution in [3.63, 3.8) is 0 Å². The van der Waals surface area contributed by atoms with E-state index in [0.29, 0.717) is 12.8 Å². The van der Waals surface area contributed by atoms with Gasteiger partial charge in [-0.05, 0) is 70.6 Å². The summed E-state index contributed by atoms with van der Waals surface area (Å²) >= 11 is 0. The van der Waals surface area contributed by atoms with Gasteiger partial charge < -0.3 is 14.6 Å². The Bertz CT molecular complexity index is 1270. The molecule has 0 heterocycles. The van der Waals surface area contributed by atoms with E-state index in [1.54, 1.807) is 0 Å². The van der Waals surface area contributed by atoms with Crippen LogP contribution in [-0.2, 0) is 19.1 Å². The Balaban J connectivity index is 3.37. The Morgan fingerprint density at radius 3 is 0.750 bits per heavy atom. The van der Waals surface area contributed by atoms with Crippen molar-refractivity contribution in [3.8, 4) is 0 Å². The van der Waals surface area contributed by atoms with Gasteiger partial charge in [-0.1, -0.05) is 365 Å². The molecule has 0 saturated heterocycles. The number of allylic oxidation sites excluding steroid dienone is 6. The SMILES string of the molecule is CCCCCCC/C=C\C/C=C\CCCCCCCCCCCCCCCCCCCCCCCCCC(=O)OC(CO)COC(=O)CCCCCCCCCCCCCCCCCCCCC/C=C\CCCCCCCCCC. The smallest absolute Gasteiger partial charge is 0.306 e. The van der Waals surface area contributed by atoms with Crippen LogP contribution < -0.4 is 0 Å². The van der Waals surface area contributed by atoms with Gasteiger partial charge >= 0.3 is 11.9 Å². The van der Waals surface area contributed by atoms with Crippen molar-refractivity contribution in [2.24, 2.45) is 0 Å². The number of carbonyl (C=O) groups is 2. The van der Waals surface area contributed by atoms with Crippen LogP contribution in [-0.4, -0.2) is 36.4 Å². The van der Waals surface area contributed by atoms with Gasteiger partial charge in [-0.15, -0.1) is 0 Å². The third-order valence-corrected chi connectivity index (χ3v) is 16.9. The molecule has 0 aliphatic rings. The highest BCUT2D eigenvalue weighted by Gasteiger charge is 2.16. The Morgan fingerprint density at radius 2 is 0.500 bits per heavy atom. The van der Waals surface area contributed by atoms with Crippen molar-refractivity contribution >= 4 is 11.9 Å². The second-order valence-corrected chi connectivity index (χ2v) is 25.0. The lowest BCUT2D eigenvalue weighted by Crippen LogP contribution is -2.28. The van der Waals surface area contributed by atoms with Gasteiger partial charge in [0.15, 0.2) is 6.10 Å². The first kappa shape index (κ1) is 78.1. The van der Waals surface area contributed by atoms with Crippen molar-refractivity contribution in [1.82, 2.24) is 0 Å². The second-order valence-electron chi connectivity index (χ2n) is 25.0. The normalized spacial score (nSPS) is 12.3. The highest BCUT2D eigenvalue weighted by Crippen LogP contribution is 2.19. The van der Waals surface area contributed by atoms with E-state index < -0.39 is 6.10 Å². The molecule has 1 N–H and O–H groups in total. The molecule has 0 rings (SSSR count). The molecule has 80 heavy (non-hydrogen) atoms. The number of hydrogen-bond acceptors (Lipinski definition) is 5. The fourth-order valence-electron chi connectivity index (χ4n) is 11.4. The number of ether oxygens (including phenoxy) is 2. The first-order valence-corrected chi connectivity index (χ1v) is 36.5. The molecule has 0 aromatic heterocycles. The first-order chi connectivity index (χ1) is 39.6. The summed E-state index contributed by atoms with van der Waals surface area (Å²) in [7, 11) is 0. The van der Waals surface area contributed by atoms with Gasteiger partial charge in [0.25, 0.3) is 0 Å². The molecule has 472 valence electrons. The number of aliphatic hydroxyl groups excluding tert-OH is 1. The Morgan fingerprint density at radius 1 is 0.287 bits per heavy atom. The predicted octanol–water partition coefficient (Wildman–Crippen LogP) is 25.3. The molecule has 1 unspecified atom stereocenters. The van der Waals surface area contributed by atoms with Crippen molar-refractivity contribution in [2.45, 2.75) is 418 Å². The summed E-state index contributed by atoms with van der Waals surface area (Å²) in [5.41, 5.74) is 0. The minimum atomic E-state index is -0.769. The van der Waals surface area contributed by atoms with Gasteiger partial charge in [-0.2, -0.15) is 0 Å². The lowest BCUT2D eigenvalue weighted by Gasteiger charge is -2.15. The predicted molar refractivity (Wildman–Crippen MR) is 353 cm³/mol. The van der Waals surface area contributed by atoms with Gasteiger partial charge in [0.05, 0.1) is 6.61 Å². The van der Waals surface area contributed by atoms with Gasteiger partial charge in [0.1, 0.15) is 6.61 Å². The molecule has 0 spiro atoms. The van der Waals surface area contributed by atoms with Crippen molar-refractivity contribution in [1.29, 1.82) is 0 Å². The van der Waals surface area contributed by atoms with E-state index in [1.165, 1.54) is 347 Å². The molecule has 0 aromatic carbocycles. The van der Waals surface area contributed by atoms with E-state index >= 15 is 0 Å². The van der Waals surface area contributed by atoms with Crippen LogP contribution in [0.5, 0.6) is 0 Å². The fraction of sp³-hybridized carbons (Fsp3) is 0.893. The molecule has 5 nitrogen and oxygen atoms in total. The maximum Gasteiger partial charge on any atom is 0.306 e. The van der Waals surface area contributed by atoms with Crippen LogP contribution in [0.1, 0.15) is 412 Å². The lowest BCUT2D eigenvalue weighted by molar-refractivity contribution is -0.161. The number of aliphatic hydroxyl groups is 1. The van der Waals surface area contributed by atoms with E-state index in [0.717, 1.165) is 38.5 Å². The molecule has 5 heteroatoms. The Labute approximate surface area is 501 Å². The summed E-state index contributed by atoms with van der Waals surface area (Å²) < 4.78 is 10.8. The molecule has 0 aromatic rings. The standard InChI is InChI=1S/C75H142O5/c1-3-5-7-9-11-13-15-17-19-21-23-25-27-29-31-33-35-36-37-38-40-42-44-46-48-50-52-54-56-58-60-62-64-66-68-70-75(78)80-73(71-76)72-79-74(77)69-67-65-63-61-59-57-55-53-51-49-47-45-43-41-39-34-32-30-28-26-24-22-20-18-16-14-12-10-8-6-4-2/h15,17,21-24,73,76H,3-14,16,18-20,25-72H2,1-2H3/b17-15-,23-21-,24-22-. The van der Waals surface area contributed by atoms with E-state index in [-0.39, 0.29) is 25.2 Å². The number of unbranched alkanes of at least 4 members (excludes halogenated alkanes) is 55. The summed E-state index contributed by atoms with van der Waals surface area (Å²) in [6.07, 6.45) is 94.9. The molecule has 0 aliphatic carbocycles. The third-order valence-electron chi connectivity index (χ3n) is 16.9. The number of esters is 2. The fourth-order valence-corrected chi connectivity index (χ4v) is 11.4. The summed E-state index contributed by atoms with van der Waals surface area (Å²) in [4.78, 5) is 24.7. The van der Waals surface area contributed by atoms with Crippen LogP contribution in [0.15, 0.2) is 36.5 Å². The van der Waals surface area contributed by atoms with Crippen LogP contribution in [0.4, 0.5) is 0 Å². The second kappa shape index (κ2) is 71.4. The molecule has 0 amide bonds. The number of rotatable bonds is 69. The largest absolute Gasteiger partial charge is 0.462 e. The van der Waals surface area contributed by atoms with Gasteiger partial charge in [0, 0.05) is 12.8 Å². The maximum atomic E-state index is 12.4.